The van der Waals surface area contributed by atoms with Gasteiger partial charge in [0.2, 0.25) is 0 Å². The minimum atomic E-state index is -0.538. The molecule has 7 nitrogen and oxygen atoms in total. The largest absolute Gasteiger partial charge is 0.444 e. The number of hydrogen-bond acceptors (Lipinski definition) is 4. The Bertz CT molecular complexity index is 643. The summed E-state index contributed by atoms with van der Waals surface area (Å²) in [4.78, 5) is 26.6. The molecule has 0 spiro atoms. The molecule has 0 aromatic carbocycles. The number of ether oxygens (including phenoxy) is 1. The number of amides is 2. The van der Waals surface area contributed by atoms with Gasteiger partial charge in [-0.15, -0.1) is 0 Å². The third-order valence-corrected chi connectivity index (χ3v) is 4.07. The first-order valence-corrected chi connectivity index (χ1v) is 8.89. The topological polar surface area (TPSA) is 76.5 Å². The third-order valence-electron chi connectivity index (χ3n) is 4.07. The zero-order chi connectivity index (χ0) is 18.8. The summed E-state index contributed by atoms with van der Waals surface area (Å²) in [6, 6.07) is 0. The number of aryl methyl sites for hydroxylation is 1. The fourth-order valence-electron chi connectivity index (χ4n) is 2.83. The summed E-state index contributed by atoms with van der Waals surface area (Å²) in [6.45, 7) is 11.3. The Hall–Kier alpha value is -2.05. The van der Waals surface area contributed by atoms with E-state index in [1.807, 2.05) is 20.8 Å². The summed E-state index contributed by atoms with van der Waals surface area (Å²) in [6.07, 6.45) is 1.20. The first-order valence-electron chi connectivity index (χ1n) is 8.89. The molecule has 0 saturated carbocycles. The number of aromatic nitrogens is 2. The van der Waals surface area contributed by atoms with Gasteiger partial charge >= 0.3 is 6.09 Å². The Morgan fingerprint density at radius 3 is 2.60 bits per heavy atom. The second-order valence-electron chi connectivity index (χ2n) is 7.99. The van der Waals surface area contributed by atoms with Crippen molar-refractivity contribution in [1.82, 2.24) is 20.0 Å². The van der Waals surface area contributed by atoms with Crippen molar-refractivity contribution < 1.29 is 14.3 Å². The molecule has 0 bridgehead atoms. The summed E-state index contributed by atoms with van der Waals surface area (Å²) < 4.78 is 7.07. The fraction of sp³-hybridized carbons (Fsp3) is 0.722. The molecule has 1 aliphatic rings. The third kappa shape index (κ3) is 4.96. The van der Waals surface area contributed by atoms with Gasteiger partial charge in [0.05, 0.1) is 12.2 Å². The number of carbonyl (C=O) groups excluding carboxylic acids is 2. The van der Waals surface area contributed by atoms with Crippen molar-refractivity contribution in [3.63, 3.8) is 0 Å². The SMILES string of the molecule is CC(C)CCNC(=O)c1c2c(nn1C)CCN(C(=O)OC(C)(C)C)C2. The molecule has 0 aliphatic carbocycles. The highest BCUT2D eigenvalue weighted by atomic mass is 16.6. The highest BCUT2D eigenvalue weighted by Gasteiger charge is 2.31. The zero-order valence-electron chi connectivity index (χ0n) is 16.2. The Morgan fingerprint density at radius 2 is 2.00 bits per heavy atom. The standard InChI is InChI=1S/C18H30N4O3/c1-12(2)7-9-19-16(23)15-13-11-22(17(24)25-18(3,4)5)10-8-14(13)20-21(15)6/h12H,7-11H2,1-6H3,(H,19,23). The van der Waals surface area contributed by atoms with Gasteiger partial charge in [-0.2, -0.15) is 5.10 Å². The van der Waals surface area contributed by atoms with Crippen LogP contribution in [0, 0.1) is 5.92 Å². The molecular formula is C18H30N4O3. The molecule has 2 heterocycles. The van der Waals surface area contributed by atoms with Crippen molar-refractivity contribution in [2.75, 3.05) is 13.1 Å². The van der Waals surface area contributed by atoms with E-state index in [9.17, 15) is 9.59 Å². The van der Waals surface area contributed by atoms with E-state index < -0.39 is 5.60 Å². The molecule has 7 heteroatoms. The van der Waals surface area contributed by atoms with Crippen LogP contribution in [0.15, 0.2) is 0 Å². The first-order chi connectivity index (χ1) is 11.6. The van der Waals surface area contributed by atoms with E-state index >= 15 is 0 Å². The number of nitrogens with zero attached hydrogens (tertiary/aromatic N) is 3. The average molecular weight is 350 g/mol. The van der Waals surface area contributed by atoms with E-state index in [0.29, 0.717) is 37.7 Å². The van der Waals surface area contributed by atoms with Crippen molar-refractivity contribution in [2.45, 2.75) is 59.6 Å². The molecular weight excluding hydrogens is 320 g/mol. The minimum Gasteiger partial charge on any atom is -0.444 e. The molecule has 0 fully saturated rings. The van der Waals surface area contributed by atoms with E-state index in [4.69, 9.17) is 4.74 Å². The van der Waals surface area contributed by atoms with Gasteiger partial charge in [0, 0.05) is 32.1 Å². The van der Waals surface area contributed by atoms with Crippen LogP contribution in [0.5, 0.6) is 0 Å². The van der Waals surface area contributed by atoms with Gasteiger partial charge in [-0.1, -0.05) is 13.8 Å². The predicted octanol–water partition coefficient (Wildman–Crippen LogP) is 2.49. The number of nitrogens with one attached hydrogen (secondary N) is 1. The molecule has 1 N–H and O–H groups in total. The van der Waals surface area contributed by atoms with Crippen LogP contribution in [0.1, 0.15) is 62.8 Å². The van der Waals surface area contributed by atoms with E-state index in [2.05, 4.69) is 24.3 Å². The van der Waals surface area contributed by atoms with E-state index in [0.717, 1.165) is 17.7 Å². The zero-order valence-corrected chi connectivity index (χ0v) is 16.2. The van der Waals surface area contributed by atoms with Crippen molar-refractivity contribution in [3.8, 4) is 0 Å². The Morgan fingerprint density at radius 1 is 1.32 bits per heavy atom. The Balaban J connectivity index is 2.12. The van der Waals surface area contributed by atoms with Crippen LogP contribution in [0.3, 0.4) is 0 Å². The molecule has 2 rings (SSSR count). The summed E-state index contributed by atoms with van der Waals surface area (Å²) >= 11 is 0. The van der Waals surface area contributed by atoms with Gasteiger partial charge in [-0.3, -0.25) is 9.48 Å². The van der Waals surface area contributed by atoms with Gasteiger partial charge in [0.25, 0.3) is 5.91 Å². The maximum absolute atomic E-state index is 12.6. The number of rotatable bonds is 4. The van der Waals surface area contributed by atoms with Crippen LogP contribution in [0.4, 0.5) is 4.79 Å². The summed E-state index contributed by atoms with van der Waals surface area (Å²) in [5, 5.41) is 7.42. The summed E-state index contributed by atoms with van der Waals surface area (Å²) in [5.74, 6) is 0.395. The predicted molar refractivity (Wildman–Crippen MR) is 95.3 cm³/mol. The van der Waals surface area contributed by atoms with Gasteiger partial charge in [0.1, 0.15) is 11.3 Å². The molecule has 25 heavy (non-hydrogen) atoms. The summed E-state index contributed by atoms with van der Waals surface area (Å²) in [7, 11) is 1.77. The molecule has 2 amide bonds. The van der Waals surface area contributed by atoms with Crippen LogP contribution >= 0.6 is 0 Å². The second kappa shape index (κ2) is 7.45. The van der Waals surface area contributed by atoms with E-state index in [1.165, 1.54) is 0 Å². The number of carbonyl (C=O) groups is 2. The van der Waals surface area contributed by atoms with Crippen LogP contribution in [-0.2, 0) is 24.8 Å². The summed E-state index contributed by atoms with van der Waals surface area (Å²) in [5.41, 5.74) is 1.70. The lowest BCUT2D eigenvalue weighted by atomic mass is 10.0. The molecule has 1 aromatic heterocycles. The maximum atomic E-state index is 12.6. The lowest BCUT2D eigenvalue weighted by molar-refractivity contribution is 0.0222. The monoisotopic (exact) mass is 350 g/mol. The number of hydrogen-bond donors (Lipinski definition) is 1. The van der Waals surface area contributed by atoms with Gasteiger partial charge in [0.15, 0.2) is 0 Å². The first kappa shape index (κ1) is 19.3. The average Bonchev–Trinajstić information content (AvgIpc) is 2.79. The highest BCUT2D eigenvalue weighted by Crippen LogP contribution is 2.23. The minimum absolute atomic E-state index is 0.136. The van der Waals surface area contributed by atoms with Crippen molar-refractivity contribution in [2.24, 2.45) is 13.0 Å². The van der Waals surface area contributed by atoms with E-state index in [1.54, 1.807) is 16.6 Å². The highest BCUT2D eigenvalue weighted by molar-refractivity contribution is 5.94. The maximum Gasteiger partial charge on any atom is 0.410 e. The Kier molecular flexibility index (Phi) is 5.75. The molecule has 0 radical (unpaired) electrons. The van der Waals surface area contributed by atoms with Crippen molar-refractivity contribution in [3.05, 3.63) is 17.0 Å². The molecule has 1 aromatic rings. The normalized spacial score (nSPS) is 14.4. The van der Waals surface area contributed by atoms with Gasteiger partial charge in [-0.05, 0) is 33.1 Å². The van der Waals surface area contributed by atoms with E-state index in [-0.39, 0.29) is 12.0 Å². The molecule has 0 unspecified atom stereocenters. The van der Waals surface area contributed by atoms with Crippen LogP contribution < -0.4 is 5.32 Å². The van der Waals surface area contributed by atoms with Gasteiger partial charge < -0.3 is 15.0 Å². The van der Waals surface area contributed by atoms with Crippen LogP contribution in [0.25, 0.3) is 0 Å². The molecule has 140 valence electrons. The van der Waals surface area contributed by atoms with Crippen molar-refractivity contribution in [1.29, 1.82) is 0 Å². The quantitative estimate of drug-likeness (QED) is 0.905. The molecule has 0 saturated heterocycles. The Labute approximate surface area is 149 Å². The van der Waals surface area contributed by atoms with Crippen molar-refractivity contribution >= 4 is 12.0 Å². The lowest BCUT2D eigenvalue weighted by Gasteiger charge is -2.29. The molecule has 1 aliphatic heterocycles. The lowest BCUT2D eigenvalue weighted by Crippen LogP contribution is -2.40. The van der Waals surface area contributed by atoms with Crippen LogP contribution in [0.2, 0.25) is 0 Å². The van der Waals surface area contributed by atoms with Crippen LogP contribution in [-0.4, -0.2) is 45.4 Å². The van der Waals surface area contributed by atoms with Gasteiger partial charge in [-0.25, -0.2) is 4.79 Å². The second-order valence-corrected chi connectivity index (χ2v) is 7.99. The fourth-order valence-corrected chi connectivity index (χ4v) is 2.83. The molecule has 0 atom stereocenters. The number of fused-ring (bicyclic) bond motifs is 1. The smallest absolute Gasteiger partial charge is 0.410 e.